The fourth-order valence-electron chi connectivity index (χ4n) is 3.96. The summed E-state index contributed by atoms with van der Waals surface area (Å²) in [4.78, 5) is 14.2. The van der Waals surface area contributed by atoms with Crippen LogP contribution in [-0.4, -0.2) is 46.6 Å². The van der Waals surface area contributed by atoms with E-state index in [4.69, 9.17) is 0 Å². The molecule has 4 heteroatoms. The van der Waals surface area contributed by atoms with Crippen molar-refractivity contribution in [1.29, 1.82) is 0 Å². The van der Waals surface area contributed by atoms with Crippen LogP contribution >= 0.6 is 0 Å². The van der Waals surface area contributed by atoms with Crippen molar-refractivity contribution in [3.05, 3.63) is 18.0 Å². The molecule has 0 atom stereocenters. The highest BCUT2D eigenvalue weighted by Crippen LogP contribution is 2.42. The van der Waals surface area contributed by atoms with Gasteiger partial charge in [-0.25, -0.2) is 9.97 Å². The van der Waals surface area contributed by atoms with Crippen LogP contribution < -0.4 is 4.90 Å². The van der Waals surface area contributed by atoms with Crippen LogP contribution in [0.4, 0.5) is 5.95 Å². The summed E-state index contributed by atoms with van der Waals surface area (Å²) in [5.74, 6) is 1.58. The highest BCUT2D eigenvalue weighted by Gasteiger charge is 2.46. The van der Waals surface area contributed by atoms with Crippen LogP contribution in [0.1, 0.15) is 53.0 Å². The van der Waals surface area contributed by atoms with E-state index in [0.717, 1.165) is 25.5 Å². The van der Waals surface area contributed by atoms with Gasteiger partial charge in [0.15, 0.2) is 0 Å². The molecule has 3 rings (SSSR count). The summed E-state index contributed by atoms with van der Waals surface area (Å²) < 4.78 is 0. The van der Waals surface area contributed by atoms with Crippen molar-refractivity contribution in [3.63, 3.8) is 0 Å². The van der Waals surface area contributed by atoms with E-state index in [1.54, 1.807) is 0 Å². The Balaban J connectivity index is 1.53. The van der Waals surface area contributed by atoms with E-state index in [0.29, 0.717) is 16.9 Å². The van der Waals surface area contributed by atoms with Crippen LogP contribution in [0.3, 0.4) is 0 Å². The van der Waals surface area contributed by atoms with Crippen molar-refractivity contribution in [2.45, 2.75) is 59.4 Å². The third-order valence-corrected chi connectivity index (χ3v) is 5.44. The van der Waals surface area contributed by atoms with E-state index in [2.05, 4.69) is 54.4 Å². The number of piperidine rings is 1. The molecule has 0 aromatic carbocycles. The van der Waals surface area contributed by atoms with Gasteiger partial charge in [-0.1, -0.05) is 13.8 Å². The zero-order chi connectivity index (χ0) is 16.7. The molecule has 3 heterocycles. The standard InChI is InChI=1S/C19H32N4/c1-15(2)10-16-11-20-17(21-12-16)22-13-19(14-22)6-8-23(9-7-19)18(3,4)5/h11-12,15H,6-10,13-14H2,1-5H3. The Labute approximate surface area is 141 Å². The minimum Gasteiger partial charge on any atom is -0.340 e. The van der Waals surface area contributed by atoms with Gasteiger partial charge < -0.3 is 4.90 Å². The van der Waals surface area contributed by atoms with Crippen LogP contribution in [0.25, 0.3) is 0 Å². The monoisotopic (exact) mass is 316 g/mol. The lowest BCUT2D eigenvalue weighted by Crippen LogP contribution is -2.62. The number of nitrogens with zero attached hydrogens (tertiary/aromatic N) is 4. The van der Waals surface area contributed by atoms with E-state index < -0.39 is 0 Å². The minimum absolute atomic E-state index is 0.306. The minimum atomic E-state index is 0.306. The average Bonchev–Trinajstić information content (AvgIpc) is 2.44. The summed E-state index contributed by atoms with van der Waals surface area (Å²) in [5, 5.41) is 0. The molecule has 23 heavy (non-hydrogen) atoms. The molecule has 2 aliphatic heterocycles. The number of aromatic nitrogens is 2. The highest BCUT2D eigenvalue weighted by molar-refractivity contribution is 5.36. The maximum Gasteiger partial charge on any atom is 0.225 e. The summed E-state index contributed by atoms with van der Waals surface area (Å²) in [6.45, 7) is 16.2. The molecule has 0 saturated carbocycles. The van der Waals surface area contributed by atoms with Crippen molar-refractivity contribution >= 4 is 5.95 Å². The van der Waals surface area contributed by atoms with Gasteiger partial charge in [0, 0.05) is 36.4 Å². The van der Waals surface area contributed by atoms with E-state index in [9.17, 15) is 0 Å². The van der Waals surface area contributed by atoms with Gasteiger partial charge in [-0.15, -0.1) is 0 Å². The van der Waals surface area contributed by atoms with Crippen molar-refractivity contribution in [3.8, 4) is 0 Å². The maximum atomic E-state index is 4.59. The molecule has 0 unspecified atom stereocenters. The molecular formula is C19H32N4. The van der Waals surface area contributed by atoms with Gasteiger partial charge in [0.05, 0.1) is 0 Å². The second-order valence-corrected chi connectivity index (χ2v) is 9.00. The summed E-state index contributed by atoms with van der Waals surface area (Å²) in [6.07, 6.45) is 7.70. The first-order chi connectivity index (χ1) is 10.8. The molecule has 2 saturated heterocycles. The van der Waals surface area contributed by atoms with Crippen molar-refractivity contribution in [1.82, 2.24) is 14.9 Å². The SMILES string of the molecule is CC(C)Cc1cnc(N2CC3(CCN(C(C)(C)C)CC3)C2)nc1. The summed E-state index contributed by atoms with van der Waals surface area (Å²) in [5.41, 5.74) is 2.07. The van der Waals surface area contributed by atoms with E-state index in [1.807, 2.05) is 12.4 Å². The fourth-order valence-corrected chi connectivity index (χ4v) is 3.96. The molecule has 0 N–H and O–H groups in total. The van der Waals surface area contributed by atoms with E-state index >= 15 is 0 Å². The predicted molar refractivity (Wildman–Crippen MR) is 95.8 cm³/mol. The Hall–Kier alpha value is -1.16. The molecular weight excluding hydrogens is 284 g/mol. The van der Waals surface area contributed by atoms with Gasteiger partial charge in [-0.3, -0.25) is 4.90 Å². The highest BCUT2D eigenvalue weighted by atomic mass is 15.3. The largest absolute Gasteiger partial charge is 0.340 e. The fraction of sp³-hybridized carbons (Fsp3) is 0.789. The first kappa shape index (κ1) is 16.7. The van der Waals surface area contributed by atoms with Crippen LogP contribution in [0, 0.1) is 11.3 Å². The van der Waals surface area contributed by atoms with Crippen LogP contribution in [0.2, 0.25) is 0 Å². The average molecular weight is 316 g/mol. The molecule has 2 fully saturated rings. The lowest BCUT2D eigenvalue weighted by atomic mass is 9.71. The zero-order valence-electron chi connectivity index (χ0n) is 15.5. The van der Waals surface area contributed by atoms with E-state index in [1.165, 1.54) is 31.5 Å². The van der Waals surface area contributed by atoms with Gasteiger partial charge >= 0.3 is 0 Å². The molecule has 1 aromatic rings. The molecule has 128 valence electrons. The quantitative estimate of drug-likeness (QED) is 0.856. The molecule has 0 radical (unpaired) electrons. The normalized spacial score (nSPS) is 21.7. The first-order valence-electron chi connectivity index (χ1n) is 9.08. The predicted octanol–water partition coefficient (Wildman–Crippen LogP) is 3.38. The number of hydrogen-bond acceptors (Lipinski definition) is 4. The topological polar surface area (TPSA) is 32.3 Å². The number of likely N-dealkylation sites (tertiary alicyclic amines) is 1. The van der Waals surface area contributed by atoms with Gasteiger partial charge in [0.25, 0.3) is 0 Å². The summed E-state index contributed by atoms with van der Waals surface area (Å²) in [6, 6.07) is 0. The van der Waals surface area contributed by atoms with Gasteiger partial charge in [-0.05, 0) is 64.6 Å². The third-order valence-electron chi connectivity index (χ3n) is 5.44. The third kappa shape index (κ3) is 3.68. The van der Waals surface area contributed by atoms with E-state index in [-0.39, 0.29) is 0 Å². The number of anilines is 1. The molecule has 0 amide bonds. The molecule has 0 bridgehead atoms. The number of hydrogen-bond donors (Lipinski definition) is 0. The van der Waals surface area contributed by atoms with Gasteiger partial charge in [-0.2, -0.15) is 0 Å². The molecule has 1 spiro atoms. The Kier molecular flexibility index (Phi) is 4.39. The van der Waals surface area contributed by atoms with Crippen molar-refractivity contribution in [2.24, 2.45) is 11.3 Å². The lowest BCUT2D eigenvalue weighted by molar-refractivity contribution is 0.0265. The maximum absolute atomic E-state index is 4.59. The lowest BCUT2D eigenvalue weighted by Gasteiger charge is -2.55. The second-order valence-electron chi connectivity index (χ2n) is 9.00. The van der Waals surface area contributed by atoms with Gasteiger partial charge in [0.2, 0.25) is 5.95 Å². The molecule has 4 nitrogen and oxygen atoms in total. The Morgan fingerprint density at radius 1 is 1.09 bits per heavy atom. The molecule has 2 aliphatic rings. The summed E-state index contributed by atoms with van der Waals surface area (Å²) >= 11 is 0. The van der Waals surface area contributed by atoms with Crippen molar-refractivity contribution in [2.75, 3.05) is 31.1 Å². The van der Waals surface area contributed by atoms with Crippen LogP contribution in [-0.2, 0) is 6.42 Å². The van der Waals surface area contributed by atoms with Crippen LogP contribution in [0.5, 0.6) is 0 Å². The first-order valence-corrected chi connectivity index (χ1v) is 9.08. The Morgan fingerprint density at radius 2 is 1.65 bits per heavy atom. The van der Waals surface area contributed by atoms with Crippen molar-refractivity contribution < 1.29 is 0 Å². The Bertz CT molecular complexity index is 513. The molecule has 1 aromatic heterocycles. The van der Waals surface area contributed by atoms with Gasteiger partial charge in [0.1, 0.15) is 0 Å². The Morgan fingerprint density at radius 3 is 2.13 bits per heavy atom. The summed E-state index contributed by atoms with van der Waals surface area (Å²) in [7, 11) is 0. The van der Waals surface area contributed by atoms with Crippen LogP contribution in [0.15, 0.2) is 12.4 Å². The zero-order valence-corrected chi connectivity index (χ0v) is 15.5. The molecule has 0 aliphatic carbocycles. The number of rotatable bonds is 3. The smallest absolute Gasteiger partial charge is 0.225 e. The second kappa shape index (κ2) is 6.04.